The van der Waals surface area contributed by atoms with Gasteiger partial charge >= 0.3 is 0 Å². The Morgan fingerprint density at radius 2 is 0.603 bits per heavy atom. The molecule has 0 saturated carbocycles. The van der Waals surface area contributed by atoms with Gasteiger partial charge in [0.15, 0.2) is 0 Å². The highest BCUT2D eigenvalue weighted by Gasteiger charge is 2.22. The summed E-state index contributed by atoms with van der Waals surface area (Å²) in [4.78, 5) is 4.58. The zero-order valence-electron chi connectivity index (χ0n) is 31.4. The van der Waals surface area contributed by atoms with Gasteiger partial charge in [-0.3, -0.25) is 0 Å². The molecule has 0 bridgehead atoms. The number of benzene rings is 10. The first kappa shape index (κ1) is 34.3. The molecule has 10 aromatic carbocycles. The van der Waals surface area contributed by atoms with E-state index < -0.39 is 0 Å². The maximum Gasteiger partial charge on any atom is 0.0991 e. The molecule has 0 heterocycles. The minimum atomic E-state index is 0.618. The van der Waals surface area contributed by atoms with Crippen LogP contribution in [0.3, 0.4) is 0 Å². The first-order valence-electron chi connectivity index (χ1n) is 19.3. The van der Waals surface area contributed by atoms with Crippen molar-refractivity contribution in [3.8, 4) is 34.4 Å². The first-order valence-corrected chi connectivity index (χ1v) is 19.3. The topological polar surface area (TPSA) is 54.1 Å². The molecule has 0 aliphatic carbocycles. The minimum absolute atomic E-state index is 0.618. The van der Waals surface area contributed by atoms with Gasteiger partial charge in [0, 0.05) is 33.5 Å². The van der Waals surface area contributed by atoms with Crippen LogP contribution in [-0.4, -0.2) is 0 Å². The van der Waals surface area contributed by atoms with Crippen LogP contribution in [0.5, 0.6) is 0 Å². The van der Waals surface area contributed by atoms with Gasteiger partial charge in [-0.15, -0.1) is 0 Å². The van der Waals surface area contributed by atoms with Gasteiger partial charge in [-0.05, 0) is 129 Å². The van der Waals surface area contributed by atoms with Crippen LogP contribution in [0.25, 0.3) is 54.6 Å². The fourth-order valence-corrected chi connectivity index (χ4v) is 8.25. The largest absolute Gasteiger partial charge is 0.310 e. The molecule has 0 spiro atoms. The van der Waals surface area contributed by atoms with Crippen molar-refractivity contribution in [2.75, 3.05) is 9.80 Å². The van der Waals surface area contributed by atoms with E-state index in [-0.39, 0.29) is 0 Å². The van der Waals surface area contributed by atoms with E-state index in [0.717, 1.165) is 66.8 Å². The molecule has 10 aromatic rings. The summed E-state index contributed by atoms with van der Waals surface area (Å²) in [5.74, 6) is 0. The first-order chi connectivity index (χ1) is 28.7. The van der Waals surface area contributed by atoms with Gasteiger partial charge in [0.2, 0.25) is 0 Å². The Labute approximate surface area is 337 Å². The van der Waals surface area contributed by atoms with Crippen LogP contribution in [-0.2, 0) is 0 Å². The van der Waals surface area contributed by atoms with Crippen LogP contribution in [0, 0.1) is 22.7 Å². The summed E-state index contributed by atoms with van der Waals surface area (Å²) in [6.45, 7) is 0. The monoisotopic (exact) mass is 738 g/mol. The van der Waals surface area contributed by atoms with Crippen LogP contribution in [0.2, 0.25) is 0 Å². The van der Waals surface area contributed by atoms with Gasteiger partial charge in [0.05, 0.1) is 34.6 Å². The molecule has 58 heavy (non-hydrogen) atoms. The number of rotatable bonds is 8. The maximum absolute atomic E-state index is 9.65. The van der Waals surface area contributed by atoms with Crippen molar-refractivity contribution in [3.05, 3.63) is 217 Å². The Hall–Kier alpha value is -8.18. The Balaban J connectivity index is 1.16. The van der Waals surface area contributed by atoms with E-state index in [1.54, 1.807) is 0 Å². The van der Waals surface area contributed by atoms with E-state index in [0.29, 0.717) is 11.1 Å². The van der Waals surface area contributed by atoms with Crippen molar-refractivity contribution in [1.82, 2.24) is 0 Å². The van der Waals surface area contributed by atoms with E-state index in [4.69, 9.17) is 0 Å². The Bertz CT molecular complexity index is 2920. The average molecular weight is 739 g/mol. The summed E-state index contributed by atoms with van der Waals surface area (Å²) in [7, 11) is 0. The van der Waals surface area contributed by atoms with Crippen LogP contribution >= 0.6 is 0 Å². The lowest BCUT2D eigenvalue weighted by Gasteiger charge is -2.29. The number of nitriles is 2. The second kappa shape index (κ2) is 14.5. The molecule has 0 saturated heterocycles. The summed E-state index contributed by atoms with van der Waals surface area (Å²) in [5, 5.41) is 26.2. The van der Waals surface area contributed by atoms with E-state index in [1.165, 1.54) is 21.9 Å². The highest BCUT2D eigenvalue weighted by atomic mass is 15.1. The van der Waals surface area contributed by atoms with Crippen LogP contribution in [0.15, 0.2) is 206 Å². The van der Waals surface area contributed by atoms with E-state index >= 15 is 0 Å². The highest BCUT2D eigenvalue weighted by molar-refractivity contribution is 6.28. The van der Waals surface area contributed by atoms with E-state index in [9.17, 15) is 10.5 Å². The zero-order valence-corrected chi connectivity index (χ0v) is 31.4. The van der Waals surface area contributed by atoms with Crippen LogP contribution in [0.1, 0.15) is 11.1 Å². The molecular formula is C54H34N4. The molecule has 4 heteroatoms. The standard InChI is InChI=1S/C54H34N4/c55-35-37-11-23-45(24-12-37)57(47-27-15-41(16-28-47)39-7-3-1-4-8-39)51-33-21-43-20-32-50-52(34-22-44-19-31-49(51)53(43)54(44)50)58(46-25-13-38(36-56)14-26-46)48-29-17-42(18-30-48)40-9-5-2-6-10-40/h1-34H. The van der Waals surface area contributed by atoms with Gasteiger partial charge in [-0.1, -0.05) is 121 Å². The molecule has 0 unspecified atom stereocenters. The molecule has 0 aliphatic heterocycles. The third-order valence-electron chi connectivity index (χ3n) is 11.1. The SMILES string of the molecule is N#Cc1ccc(N(c2ccc(-c3ccccc3)cc2)c2ccc3ccc4c(N(c5ccc(C#N)cc5)c5ccc(-c6ccccc6)cc5)ccc5ccc2c3c54)cc1. The Morgan fingerprint density at radius 1 is 0.293 bits per heavy atom. The summed E-state index contributed by atoms with van der Waals surface area (Å²) in [6.07, 6.45) is 0. The van der Waals surface area contributed by atoms with Crippen molar-refractivity contribution in [2.45, 2.75) is 0 Å². The second-order valence-corrected chi connectivity index (χ2v) is 14.4. The molecule has 270 valence electrons. The third kappa shape index (κ3) is 6.03. The van der Waals surface area contributed by atoms with Crippen molar-refractivity contribution in [1.29, 1.82) is 10.5 Å². The maximum atomic E-state index is 9.65. The molecule has 0 aliphatic rings. The summed E-state index contributed by atoms with van der Waals surface area (Å²) in [6, 6.07) is 76.2. The molecule has 10 rings (SSSR count). The number of anilines is 6. The Morgan fingerprint density at radius 3 is 0.948 bits per heavy atom. The lowest BCUT2D eigenvalue weighted by molar-refractivity contribution is 1.29. The molecule has 0 fully saturated rings. The Kier molecular flexibility index (Phi) is 8.57. The lowest BCUT2D eigenvalue weighted by atomic mass is 9.91. The van der Waals surface area contributed by atoms with Gasteiger partial charge < -0.3 is 9.80 Å². The highest BCUT2D eigenvalue weighted by Crippen LogP contribution is 2.47. The second-order valence-electron chi connectivity index (χ2n) is 14.4. The minimum Gasteiger partial charge on any atom is -0.310 e. The zero-order chi connectivity index (χ0) is 39.0. The third-order valence-corrected chi connectivity index (χ3v) is 11.1. The predicted molar refractivity (Wildman–Crippen MR) is 240 cm³/mol. The number of hydrogen-bond donors (Lipinski definition) is 0. The number of nitrogens with zero attached hydrogens (tertiary/aromatic N) is 4. The average Bonchev–Trinajstić information content (AvgIpc) is 3.30. The van der Waals surface area contributed by atoms with Gasteiger partial charge in [-0.2, -0.15) is 10.5 Å². The van der Waals surface area contributed by atoms with Crippen molar-refractivity contribution >= 4 is 66.4 Å². The van der Waals surface area contributed by atoms with Crippen molar-refractivity contribution in [3.63, 3.8) is 0 Å². The normalized spacial score (nSPS) is 11.1. The molecule has 0 N–H and O–H groups in total. The van der Waals surface area contributed by atoms with Crippen LogP contribution in [0.4, 0.5) is 34.1 Å². The lowest BCUT2D eigenvalue weighted by Crippen LogP contribution is -2.11. The molecular weight excluding hydrogens is 705 g/mol. The van der Waals surface area contributed by atoms with Gasteiger partial charge in [-0.25, -0.2) is 0 Å². The molecule has 0 atom stereocenters. The molecule has 4 nitrogen and oxygen atoms in total. The summed E-state index contributed by atoms with van der Waals surface area (Å²) in [5.41, 5.74) is 11.9. The summed E-state index contributed by atoms with van der Waals surface area (Å²) < 4.78 is 0. The summed E-state index contributed by atoms with van der Waals surface area (Å²) >= 11 is 0. The van der Waals surface area contributed by atoms with E-state index in [1.807, 2.05) is 60.7 Å². The van der Waals surface area contributed by atoms with Crippen molar-refractivity contribution < 1.29 is 0 Å². The molecule has 0 aromatic heterocycles. The fraction of sp³-hybridized carbons (Fsp3) is 0. The smallest absolute Gasteiger partial charge is 0.0991 e. The molecule has 0 radical (unpaired) electrons. The van der Waals surface area contributed by atoms with Gasteiger partial charge in [0.25, 0.3) is 0 Å². The van der Waals surface area contributed by atoms with Crippen molar-refractivity contribution in [2.24, 2.45) is 0 Å². The fourth-order valence-electron chi connectivity index (χ4n) is 8.25. The van der Waals surface area contributed by atoms with E-state index in [2.05, 4.69) is 168 Å². The van der Waals surface area contributed by atoms with Crippen LogP contribution < -0.4 is 9.80 Å². The molecule has 0 amide bonds. The number of hydrogen-bond acceptors (Lipinski definition) is 4. The van der Waals surface area contributed by atoms with Gasteiger partial charge in [0.1, 0.15) is 0 Å². The predicted octanol–water partition coefficient (Wildman–Crippen LogP) is 14.6. The quantitative estimate of drug-likeness (QED) is 0.146.